The van der Waals surface area contributed by atoms with Crippen molar-refractivity contribution < 1.29 is 0 Å². The summed E-state index contributed by atoms with van der Waals surface area (Å²) in [6, 6.07) is 6.29. The molecule has 0 aliphatic heterocycles. The van der Waals surface area contributed by atoms with Crippen molar-refractivity contribution in [3.05, 3.63) is 46.0 Å². The van der Waals surface area contributed by atoms with Crippen molar-refractivity contribution >= 4 is 22.5 Å². The maximum absolute atomic E-state index is 6.22. The second-order valence-corrected chi connectivity index (χ2v) is 7.25. The molecule has 0 fully saturated rings. The van der Waals surface area contributed by atoms with Gasteiger partial charge in [0.25, 0.3) is 0 Å². The summed E-state index contributed by atoms with van der Waals surface area (Å²) in [5.74, 6) is 1.03. The molecule has 0 saturated heterocycles. The fourth-order valence-corrected chi connectivity index (χ4v) is 3.14. The third-order valence-electron chi connectivity index (χ3n) is 3.28. The molecule has 0 radical (unpaired) electrons. The standard InChI is InChI=1S/C16H20N4S/c1-11-7-13-15(18-9-11)20(10-16(2,3)17)14(19-13)8-12-5-4-6-21-12/h4-7,9H,8,10,17H2,1-3H3. The topological polar surface area (TPSA) is 56.7 Å². The van der Waals surface area contributed by atoms with Gasteiger partial charge in [0.15, 0.2) is 5.65 Å². The van der Waals surface area contributed by atoms with E-state index in [-0.39, 0.29) is 5.54 Å². The second-order valence-electron chi connectivity index (χ2n) is 6.21. The summed E-state index contributed by atoms with van der Waals surface area (Å²) in [4.78, 5) is 10.7. The van der Waals surface area contributed by atoms with E-state index in [1.165, 1.54) is 4.88 Å². The number of imidazole rings is 1. The van der Waals surface area contributed by atoms with Gasteiger partial charge < -0.3 is 10.3 Å². The molecule has 0 bridgehead atoms. The molecule has 0 atom stereocenters. The van der Waals surface area contributed by atoms with Crippen molar-refractivity contribution in [3.63, 3.8) is 0 Å². The molecular weight excluding hydrogens is 280 g/mol. The SMILES string of the molecule is Cc1cnc2c(c1)nc(Cc1cccs1)n2CC(C)(C)N. The number of nitrogens with two attached hydrogens (primary N) is 1. The highest BCUT2D eigenvalue weighted by molar-refractivity contribution is 7.09. The van der Waals surface area contributed by atoms with Gasteiger partial charge in [-0.25, -0.2) is 9.97 Å². The highest BCUT2D eigenvalue weighted by Crippen LogP contribution is 2.21. The van der Waals surface area contributed by atoms with Crippen molar-refractivity contribution in [3.8, 4) is 0 Å². The van der Waals surface area contributed by atoms with Gasteiger partial charge in [-0.1, -0.05) is 6.07 Å². The van der Waals surface area contributed by atoms with Crippen LogP contribution >= 0.6 is 11.3 Å². The van der Waals surface area contributed by atoms with Crippen LogP contribution in [0.1, 0.15) is 30.1 Å². The zero-order chi connectivity index (χ0) is 15.0. The lowest BCUT2D eigenvalue weighted by atomic mass is 10.1. The van der Waals surface area contributed by atoms with Crippen molar-refractivity contribution in [2.45, 2.75) is 39.3 Å². The molecule has 2 N–H and O–H groups in total. The molecule has 3 aromatic rings. The van der Waals surface area contributed by atoms with E-state index in [4.69, 9.17) is 10.7 Å². The van der Waals surface area contributed by atoms with Crippen LogP contribution in [0.15, 0.2) is 29.8 Å². The molecule has 3 rings (SSSR count). The highest BCUT2D eigenvalue weighted by atomic mass is 32.1. The summed E-state index contributed by atoms with van der Waals surface area (Å²) in [7, 11) is 0. The van der Waals surface area contributed by atoms with Gasteiger partial charge in [0.05, 0.1) is 0 Å². The van der Waals surface area contributed by atoms with Crippen molar-refractivity contribution in [1.82, 2.24) is 14.5 Å². The first-order valence-electron chi connectivity index (χ1n) is 7.05. The van der Waals surface area contributed by atoms with Gasteiger partial charge in [0.1, 0.15) is 11.3 Å². The Hall–Kier alpha value is -1.72. The molecule has 110 valence electrons. The maximum atomic E-state index is 6.22. The third kappa shape index (κ3) is 3.14. The number of rotatable bonds is 4. The molecule has 21 heavy (non-hydrogen) atoms. The Morgan fingerprint density at radius 1 is 1.38 bits per heavy atom. The van der Waals surface area contributed by atoms with Gasteiger partial charge in [0.2, 0.25) is 0 Å². The average molecular weight is 300 g/mol. The molecule has 0 spiro atoms. The lowest BCUT2D eigenvalue weighted by Gasteiger charge is -2.20. The van der Waals surface area contributed by atoms with Gasteiger partial charge in [-0.15, -0.1) is 11.3 Å². The molecule has 0 amide bonds. The normalized spacial score (nSPS) is 12.2. The van der Waals surface area contributed by atoms with Crippen LogP contribution in [0.3, 0.4) is 0 Å². The number of aryl methyl sites for hydroxylation is 1. The smallest absolute Gasteiger partial charge is 0.160 e. The number of hydrogen-bond acceptors (Lipinski definition) is 4. The number of fused-ring (bicyclic) bond motifs is 1. The Morgan fingerprint density at radius 2 is 2.19 bits per heavy atom. The Morgan fingerprint density at radius 3 is 2.86 bits per heavy atom. The Kier molecular flexibility index (Phi) is 3.55. The minimum absolute atomic E-state index is 0.301. The molecule has 3 heterocycles. The third-order valence-corrected chi connectivity index (χ3v) is 4.16. The molecule has 0 aliphatic carbocycles. The first-order chi connectivity index (χ1) is 9.92. The van der Waals surface area contributed by atoms with Crippen LogP contribution in [-0.4, -0.2) is 20.1 Å². The summed E-state index contributed by atoms with van der Waals surface area (Å²) < 4.78 is 2.16. The van der Waals surface area contributed by atoms with Gasteiger partial charge in [-0.3, -0.25) is 0 Å². The summed E-state index contributed by atoms with van der Waals surface area (Å²) in [5, 5.41) is 2.09. The Bertz CT molecular complexity index is 751. The summed E-state index contributed by atoms with van der Waals surface area (Å²) in [6.45, 7) is 6.81. The van der Waals surface area contributed by atoms with Crippen LogP contribution in [0.2, 0.25) is 0 Å². The van der Waals surface area contributed by atoms with Gasteiger partial charge in [-0.2, -0.15) is 0 Å². The quantitative estimate of drug-likeness (QED) is 0.805. The number of thiophene rings is 1. The van der Waals surface area contributed by atoms with E-state index in [1.807, 2.05) is 27.0 Å². The highest BCUT2D eigenvalue weighted by Gasteiger charge is 2.19. The van der Waals surface area contributed by atoms with Gasteiger partial charge >= 0.3 is 0 Å². The summed E-state index contributed by atoms with van der Waals surface area (Å²) in [6.07, 6.45) is 2.71. The van der Waals surface area contributed by atoms with E-state index in [0.29, 0.717) is 6.54 Å². The van der Waals surface area contributed by atoms with Crippen molar-refractivity contribution in [2.75, 3.05) is 0 Å². The van der Waals surface area contributed by atoms with Crippen LogP contribution < -0.4 is 5.73 Å². The molecule has 3 aromatic heterocycles. The zero-order valence-electron chi connectivity index (χ0n) is 12.6. The van der Waals surface area contributed by atoms with E-state index in [0.717, 1.165) is 29.0 Å². The van der Waals surface area contributed by atoms with Gasteiger partial charge in [-0.05, 0) is 43.8 Å². The maximum Gasteiger partial charge on any atom is 0.160 e. The molecule has 0 aliphatic rings. The molecular formula is C16H20N4S. The molecule has 4 nitrogen and oxygen atoms in total. The lowest BCUT2D eigenvalue weighted by Crippen LogP contribution is -2.37. The van der Waals surface area contributed by atoms with Crippen LogP contribution in [0.5, 0.6) is 0 Å². The first-order valence-corrected chi connectivity index (χ1v) is 7.93. The molecule has 5 heteroatoms. The molecule has 0 saturated carbocycles. The minimum Gasteiger partial charge on any atom is -0.324 e. The Labute approximate surface area is 128 Å². The number of nitrogens with zero attached hydrogens (tertiary/aromatic N) is 3. The fraction of sp³-hybridized carbons (Fsp3) is 0.375. The predicted octanol–water partition coefficient (Wildman–Crippen LogP) is 3.13. The zero-order valence-corrected chi connectivity index (χ0v) is 13.4. The van der Waals surface area contributed by atoms with Crippen molar-refractivity contribution in [2.24, 2.45) is 5.73 Å². The second kappa shape index (κ2) is 5.24. The van der Waals surface area contributed by atoms with Crippen molar-refractivity contribution in [1.29, 1.82) is 0 Å². The fourth-order valence-electron chi connectivity index (χ4n) is 2.44. The first kappa shape index (κ1) is 14.2. The van der Waals surface area contributed by atoms with Crippen LogP contribution in [0.4, 0.5) is 0 Å². The molecule has 0 aromatic carbocycles. The average Bonchev–Trinajstić information content (AvgIpc) is 2.97. The lowest BCUT2D eigenvalue weighted by molar-refractivity contribution is 0.432. The van der Waals surface area contributed by atoms with Crippen LogP contribution in [-0.2, 0) is 13.0 Å². The van der Waals surface area contributed by atoms with E-state index >= 15 is 0 Å². The predicted molar refractivity (Wildman–Crippen MR) is 87.7 cm³/mol. The Balaban J connectivity index is 2.10. The largest absolute Gasteiger partial charge is 0.324 e. The van der Waals surface area contributed by atoms with E-state index in [9.17, 15) is 0 Å². The number of aromatic nitrogens is 3. The van der Waals surface area contributed by atoms with Crippen LogP contribution in [0.25, 0.3) is 11.2 Å². The molecule has 0 unspecified atom stereocenters. The van der Waals surface area contributed by atoms with Crippen LogP contribution in [0, 0.1) is 6.92 Å². The van der Waals surface area contributed by atoms with Gasteiger partial charge in [0, 0.05) is 29.6 Å². The minimum atomic E-state index is -0.301. The monoisotopic (exact) mass is 300 g/mol. The summed E-state index contributed by atoms with van der Waals surface area (Å²) in [5.41, 5.74) is 8.91. The van der Waals surface area contributed by atoms with E-state index in [2.05, 4.69) is 33.1 Å². The van der Waals surface area contributed by atoms with E-state index in [1.54, 1.807) is 11.3 Å². The summed E-state index contributed by atoms with van der Waals surface area (Å²) >= 11 is 1.75. The van der Waals surface area contributed by atoms with E-state index < -0.39 is 0 Å². The number of pyridine rings is 1. The number of hydrogen-bond donors (Lipinski definition) is 1.